The van der Waals surface area contributed by atoms with Crippen LogP contribution in [0, 0.1) is 5.92 Å². The van der Waals surface area contributed by atoms with E-state index in [-0.39, 0.29) is 0 Å². The van der Waals surface area contributed by atoms with Crippen LogP contribution in [0.2, 0.25) is 0 Å². The molecule has 0 saturated heterocycles. The van der Waals surface area contributed by atoms with Crippen molar-refractivity contribution >= 4 is 17.0 Å². The van der Waals surface area contributed by atoms with Gasteiger partial charge in [-0.1, -0.05) is 26.0 Å². The number of anilines is 1. The van der Waals surface area contributed by atoms with E-state index in [0.29, 0.717) is 19.0 Å². The second-order valence-corrected chi connectivity index (χ2v) is 6.49. The van der Waals surface area contributed by atoms with E-state index in [9.17, 15) is 5.11 Å². The van der Waals surface area contributed by atoms with Crippen molar-refractivity contribution in [3.8, 4) is 0 Å². The fraction of sp³-hybridized carbons (Fsp3) is 0.471. The van der Waals surface area contributed by atoms with Crippen molar-refractivity contribution in [3.63, 3.8) is 0 Å². The molecule has 128 valence electrons. The molecule has 7 nitrogen and oxygen atoms in total. The number of aliphatic hydroxyl groups is 1. The van der Waals surface area contributed by atoms with E-state index < -0.39 is 6.10 Å². The van der Waals surface area contributed by atoms with Gasteiger partial charge in [0, 0.05) is 13.1 Å². The van der Waals surface area contributed by atoms with Crippen molar-refractivity contribution in [1.29, 1.82) is 0 Å². The summed E-state index contributed by atoms with van der Waals surface area (Å²) in [6.07, 6.45) is 1.16. The maximum absolute atomic E-state index is 9.55. The van der Waals surface area contributed by atoms with E-state index in [1.807, 2.05) is 28.9 Å². The Bertz CT molecular complexity index is 804. The summed E-state index contributed by atoms with van der Waals surface area (Å²) >= 11 is 0. The van der Waals surface area contributed by atoms with Crippen molar-refractivity contribution < 1.29 is 5.11 Å². The highest BCUT2D eigenvalue weighted by atomic mass is 16.3. The number of para-hydroxylation sites is 2. The Kier molecular flexibility index (Phi) is 4.80. The van der Waals surface area contributed by atoms with E-state index in [1.165, 1.54) is 0 Å². The fourth-order valence-electron chi connectivity index (χ4n) is 2.66. The zero-order valence-electron chi connectivity index (χ0n) is 14.3. The van der Waals surface area contributed by atoms with Crippen LogP contribution in [-0.4, -0.2) is 42.1 Å². The Hall–Kier alpha value is -2.41. The number of imidazole rings is 1. The maximum atomic E-state index is 9.55. The van der Waals surface area contributed by atoms with Crippen LogP contribution in [0.25, 0.3) is 11.0 Å². The topological polar surface area (TPSA) is 80.8 Å². The van der Waals surface area contributed by atoms with E-state index in [1.54, 1.807) is 13.3 Å². The molecule has 0 aliphatic carbocycles. The summed E-state index contributed by atoms with van der Waals surface area (Å²) in [5.41, 5.74) is 1.95. The minimum absolute atomic E-state index is 0.442. The molecule has 0 spiro atoms. The standard InChI is InChI=1S/C17H24N6O/c1-12(2)9-23-16(19-11-20-23)10-22-15-7-5-4-6-14(15)21-17(22)18-8-13(3)24/h4-7,11-13,24H,8-10H2,1-3H3,(H,18,21). The Balaban J connectivity index is 1.95. The van der Waals surface area contributed by atoms with Crippen LogP contribution in [-0.2, 0) is 13.1 Å². The second-order valence-electron chi connectivity index (χ2n) is 6.49. The minimum Gasteiger partial charge on any atom is -0.392 e. The zero-order chi connectivity index (χ0) is 17.1. The molecule has 1 atom stereocenters. The average Bonchev–Trinajstić information content (AvgIpc) is 3.10. The summed E-state index contributed by atoms with van der Waals surface area (Å²) in [6.45, 7) is 7.93. The molecule has 1 aromatic carbocycles. The highest BCUT2D eigenvalue weighted by Gasteiger charge is 2.14. The van der Waals surface area contributed by atoms with Crippen LogP contribution in [0.3, 0.4) is 0 Å². The first kappa shape index (κ1) is 16.4. The Morgan fingerprint density at radius 2 is 2.00 bits per heavy atom. The van der Waals surface area contributed by atoms with E-state index in [0.717, 1.165) is 29.4 Å². The van der Waals surface area contributed by atoms with E-state index in [2.05, 4.69) is 38.8 Å². The molecular weight excluding hydrogens is 304 g/mol. The molecule has 2 aromatic heterocycles. The molecule has 1 unspecified atom stereocenters. The molecular formula is C17H24N6O. The van der Waals surface area contributed by atoms with Gasteiger partial charge in [0.2, 0.25) is 5.95 Å². The smallest absolute Gasteiger partial charge is 0.204 e. The van der Waals surface area contributed by atoms with Gasteiger partial charge in [0.15, 0.2) is 0 Å². The predicted molar refractivity (Wildman–Crippen MR) is 93.9 cm³/mol. The van der Waals surface area contributed by atoms with Gasteiger partial charge in [-0.05, 0) is 25.0 Å². The first-order valence-corrected chi connectivity index (χ1v) is 8.28. The number of hydrogen-bond donors (Lipinski definition) is 2. The van der Waals surface area contributed by atoms with E-state index in [4.69, 9.17) is 0 Å². The number of aliphatic hydroxyl groups excluding tert-OH is 1. The highest BCUT2D eigenvalue weighted by Crippen LogP contribution is 2.21. The molecule has 24 heavy (non-hydrogen) atoms. The third kappa shape index (κ3) is 3.56. The molecule has 7 heteroatoms. The van der Waals surface area contributed by atoms with Gasteiger partial charge in [0.25, 0.3) is 0 Å². The summed E-state index contributed by atoms with van der Waals surface area (Å²) in [5.74, 6) is 2.13. The number of hydrogen-bond acceptors (Lipinski definition) is 5. The number of nitrogens with one attached hydrogen (secondary N) is 1. The van der Waals surface area contributed by atoms with Gasteiger partial charge in [0.1, 0.15) is 12.2 Å². The Morgan fingerprint density at radius 3 is 2.75 bits per heavy atom. The van der Waals surface area contributed by atoms with Crippen LogP contribution in [0.4, 0.5) is 5.95 Å². The van der Waals surface area contributed by atoms with Gasteiger partial charge in [-0.15, -0.1) is 0 Å². The van der Waals surface area contributed by atoms with Crippen LogP contribution in [0.15, 0.2) is 30.6 Å². The van der Waals surface area contributed by atoms with Gasteiger partial charge in [-0.25, -0.2) is 14.6 Å². The third-order valence-corrected chi connectivity index (χ3v) is 3.74. The number of rotatable bonds is 7. The number of fused-ring (bicyclic) bond motifs is 1. The average molecular weight is 328 g/mol. The van der Waals surface area contributed by atoms with Crippen molar-refractivity contribution in [1.82, 2.24) is 24.3 Å². The lowest BCUT2D eigenvalue weighted by Crippen LogP contribution is -2.19. The van der Waals surface area contributed by atoms with Gasteiger partial charge < -0.3 is 15.0 Å². The third-order valence-electron chi connectivity index (χ3n) is 3.74. The maximum Gasteiger partial charge on any atom is 0.204 e. The molecule has 2 heterocycles. The summed E-state index contributed by atoms with van der Waals surface area (Å²) in [4.78, 5) is 9.05. The van der Waals surface area contributed by atoms with Crippen LogP contribution in [0.1, 0.15) is 26.6 Å². The second kappa shape index (κ2) is 7.00. The van der Waals surface area contributed by atoms with E-state index >= 15 is 0 Å². The molecule has 0 saturated carbocycles. The molecule has 0 bridgehead atoms. The summed E-state index contributed by atoms with van der Waals surface area (Å²) in [5, 5.41) is 17.1. The molecule has 3 rings (SSSR count). The lowest BCUT2D eigenvalue weighted by atomic mass is 10.2. The van der Waals surface area contributed by atoms with Crippen molar-refractivity contribution in [2.45, 2.75) is 40.0 Å². The number of aromatic nitrogens is 5. The predicted octanol–water partition coefficient (Wildman–Crippen LogP) is 2.12. The lowest BCUT2D eigenvalue weighted by Gasteiger charge is -2.13. The van der Waals surface area contributed by atoms with Crippen molar-refractivity contribution in [3.05, 3.63) is 36.4 Å². The van der Waals surface area contributed by atoms with Gasteiger partial charge in [0.05, 0.1) is 23.7 Å². The van der Waals surface area contributed by atoms with Crippen LogP contribution >= 0.6 is 0 Å². The SMILES string of the molecule is CC(C)Cn1ncnc1Cn1c(NCC(C)O)nc2ccccc21. The molecule has 0 amide bonds. The zero-order valence-corrected chi connectivity index (χ0v) is 14.3. The minimum atomic E-state index is -0.442. The largest absolute Gasteiger partial charge is 0.392 e. The quantitative estimate of drug-likeness (QED) is 0.694. The summed E-state index contributed by atoms with van der Waals surface area (Å²) in [7, 11) is 0. The number of nitrogens with zero attached hydrogens (tertiary/aromatic N) is 5. The monoisotopic (exact) mass is 328 g/mol. The van der Waals surface area contributed by atoms with Gasteiger partial charge >= 0.3 is 0 Å². The van der Waals surface area contributed by atoms with Crippen LogP contribution in [0.5, 0.6) is 0 Å². The normalized spacial score (nSPS) is 12.9. The fourth-order valence-corrected chi connectivity index (χ4v) is 2.66. The lowest BCUT2D eigenvalue weighted by molar-refractivity contribution is 0.208. The van der Waals surface area contributed by atoms with Crippen LogP contribution < -0.4 is 5.32 Å². The summed E-state index contributed by atoms with van der Waals surface area (Å²) in [6, 6.07) is 7.99. The summed E-state index contributed by atoms with van der Waals surface area (Å²) < 4.78 is 4.02. The molecule has 0 radical (unpaired) electrons. The molecule has 2 N–H and O–H groups in total. The Labute approximate surface area is 141 Å². The molecule has 0 aliphatic rings. The first-order chi connectivity index (χ1) is 11.5. The molecule has 0 aliphatic heterocycles. The molecule has 3 aromatic rings. The molecule has 0 fully saturated rings. The number of benzene rings is 1. The highest BCUT2D eigenvalue weighted by molar-refractivity contribution is 5.78. The van der Waals surface area contributed by atoms with Gasteiger partial charge in [-0.3, -0.25) is 0 Å². The first-order valence-electron chi connectivity index (χ1n) is 8.28. The van der Waals surface area contributed by atoms with Crippen molar-refractivity contribution in [2.24, 2.45) is 5.92 Å². The van der Waals surface area contributed by atoms with Crippen molar-refractivity contribution in [2.75, 3.05) is 11.9 Å². The Morgan fingerprint density at radius 1 is 1.21 bits per heavy atom. The van der Waals surface area contributed by atoms with Gasteiger partial charge in [-0.2, -0.15) is 5.10 Å².